The third kappa shape index (κ3) is 5.48. The minimum Gasteiger partial charge on any atom is -0.444 e. The molecule has 5 rings (SSSR count). The molecule has 0 aliphatic carbocycles. The Kier molecular flexibility index (Phi) is 7.45. The summed E-state index contributed by atoms with van der Waals surface area (Å²) in [6.07, 6.45) is -0.788. The van der Waals surface area contributed by atoms with Crippen LogP contribution in [0.4, 0.5) is 9.18 Å². The van der Waals surface area contributed by atoms with Gasteiger partial charge < -0.3 is 9.47 Å². The quantitative estimate of drug-likeness (QED) is 0.214. The molecule has 1 amide bonds. The number of fused-ring (bicyclic) bond motifs is 1. The number of halogens is 1. The first kappa shape index (κ1) is 27.8. The fraction of sp³-hybridized carbons (Fsp3) is 0.250. The molecule has 8 nitrogen and oxygen atoms in total. The molecule has 4 aromatic rings. The lowest BCUT2D eigenvalue weighted by Crippen LogP contribution is -2.48. The van der Waals surface area contributed by atoms with Gasteiger partial charge >= 0.3 is 12.1 Å². The summed E-state index contributed by atoms with van der Waals surface area (Å²) in [4.78, 5) is 54.6. The standard InChI is InChI=1S/C32H29FN2O6/c1-32(2,3)30-35(31(39)40-19-20-11-5-4-6-12-20)26(29(38)41-30)17-27(36)23-18-34(25-16-10-8-13-21(23)25)28(37)22-14-7-9-15-24(22)33/h4-16,18,26,30H,17,19H2,1-3H3/t26-,30-/m0/s1. The van der Waals surface area contributed by atoms with Crippen LogP contribution in [0.25, 0.3) is 10.9 Å². The van der Waals surface area contributed by atoms with E-state index >= 15 is 0 Å². The van der Waals surface area contributed by atoms with E-state index in [9.17, 15) is 23.6 Å². The smallest absolute Gasteiger partial charge is 0.413 e. The van der Waals surface area contributed by atoms with Crippen LogP contribution in [-0.4, -0.2) is 45.5 Å². The number of esters is 1. The van der Waals surface area contributed by atoms with Gasteiger partial charge in [-0.05, 0) is 23.8 Å². The Morgan fingerprint density at radius 3 is 2.27 bits per heavy atom. The molecule has 9 heteroatoms. The summed E-state index contributed by atoms with van der Waals surface area (Å²) in [6, 6.07) is 20.2. The number of ketones is 1. The molecular weight excluding hydrogens is 527 g/mol. The summed E-state index contributed by atoms with van der Waals surface area (Å²) in [6.45, 7) is 5.42. The number of para-hydroxylation sites is 1. The third-order valence-corrected chi connectivity index (χ3v) is 6.96. The minimum atomic E-state index is -1.24. The summed E-state index contributed by atoms with van der Waals surface area (Å²) in [5.41, 5.74) is 0.521. The van der Waals surface area contributed by atoms with Crippen molar-refractivity contribution in [1.82, 2.24) is 9.47 Å². The van der Waals surface area contributed by atoms with E-state index in [1.54, 1.807) is 42.5 Å². The van der Waals surface area contributed by atoms with Crippen LogP contribution < -0.4 is 0 Å². The highest BCUT2D eigenvalue weighted by molar-refractivity contribution is 6.13. The highest BCUT2D eigenvalue weighted by atomic mass is 19.1. The average Bonchev–Trinajstić information content (AvgIpc) is 3.50. The maximum absolute atomic E-state index is 14.4. The lowest BCUT2D eigenvalue weighted by molar-refractivity contribution is -0.147. The lowest BCUT2D eigenvalue weighted by atomic mass is 9.93. The van der Waals surface area contributed by atoms with E-state index in [4.69, 9.17) is 9.47 Å². The van der Waals surface area contributed by atoms with Crippen molar-refractivity contribution in [1.29, 1.82) is 0 Å². The van der Waals surface area contributed by atoms with Crippen LogP contribution in [0.5, 0.6) is 0 Å². The van der Waals surface area contributed by atoms with Gasteiger partial charge in [0.2, 0.25) is 0 Å². The molecule has 210 valence electrons. The second kappa shape index (κ2) is 11.0. The maximum atomic E-state index is 14.4. The van der Waals surface area contributed by atoms with Crippen LogP contribution in [0.3, 0.4) is 0 Å². The van der Waals surface area contributed by atoms with Gasteiger partial charge in [0.25, 0.3) is 5.91 Å². The predicted octanol–water partition coefficient (Wildman–Crippen LogP) is 5.98. The van der Waals surface area contributed by atoms with Crippen molar-refractivity contribution in [3.63, 3.8) is 0 Å². The number of aromatic nitrogens is 1. The van der Waals surface area contributed by atoms with Crippen molar-refractivity contribution in [2.45, 2.75) is 46.1 Å². The van der Waals surface area contributed by atoms with E-state index in [1.807, 2.05) is 39.0 Å². The van der Waals surface area contributed by atoms with Gasteiger partial charge in [0.15, 0.2) is 12.0 Å². The Morgan fingerprint density at radius 1 is 0.902 bits per heavy atom. The maximum Gasteiger partial charge on any atom is 0.413 e. The molecule has 1 aliphatic heterocycles. The van der Waals surface area contributed by atoms with Crippen LogP contribution >= 0.6 is 0 Å². The van der Waals surface area contributed by atoms with Gasteiger partial charge in [0.05, 0.1) is 11.1 Å². The fourth-order valence-electron chi connectivity index (χ4n) is 4.93. The third-order valence-electron chi connectivity index (χ3n) is 6.96. The largest absolute Gasteiger partial charge is 0.444 e. The molecule has 2 atom stereocenters. The van der Waals surface area contributed by atoms with E-state index in [-0.39, 0.29) is 17.7 Å². The molecular formula is C32H29FN2O6. The Hall–Kier alpha value is -4.79. The SMILES string of the molecule is CC(C)(C)[C@@H]1OC(=O)[C@H](CC(=O)c2cn(C(=O)c3ccccc3F)c3ccccc23)N1C(=O)OCc1ccccc1. The summed E-state index contributed by atoms with van der Waals surface area (Å²) in [5.74, 6) is -2.54. The molecule has 2 heterocycles. The fourth-order valence-corrected chi connectivity index (χ4v) is 4.93. The zero-order valence-corrected chi connectivity index (χ0v) is 22.9. The second-order valence-electron chi connectivity index (χ2n) is 11.0. The van der Waals surface area contributed by atoms with Crippen LogP contribution in [0.2, 0.25) is 0 Å². The van der Waals surface area contributed by atoms with E-state index in [0.717, 1.165) is 5.56 Å². The van der Waals surface area contributed by atoms with Gasteiger partial charge in [-0.25, -0.2) is 14.0 Å². The molecule has 41 heavy (non-hydrogen) atoms. The van der Waals surface area contributed by atoms with Crippen molar-refractivity contribution < 1.29 is 33.0 Å². The van der Waals surface area contributed by atoms with Crippen LogP contribution in [0, 0.1) is 11.2 Å². The van der Waals surface area contributed by atoms with Crippen molar-refractivity contribution >= 4 is 34.7 Å². The molecule has 0 spiro atoms. The number of cyclic esters (lactones) is 1. The highest BCUT2D eigenvalue weighted by Gasteiger charge is 2.51. The average molecular weight is 557 g/mol. The number of nitrogens with zero attached hydrogens (tertiary/aromatic N) is 2. The molecule has 0 unspecified atom stereocenters. The van der Waals surface area contributed by atoms with Crippen LogP contribution in [-0.2, 0) is 20.9 Å². The van der Waals surface area contributed by atoms with Crippen molar-refractivity contribution in [2.75, 3.05) is 0 Å². The topological polar surface area (TPSA) is 94.9 Å². The van der Waals surface area contributed by atoms with E-state index in [2.05, 4.69) is 0 Å². The van der Waals surface area contributed by atoms with E-state index in [1.165, 1.54) is 33.9 Å². The molecule has 0 bridgehead atoms. The number of carbonyl (C=O) groups is 4. The van der Waals surface area contributed by atoms with Gasteiger partial charge in [-0.1, -0.05) is 81.4 Å². The van der Waals surface area contributed by atoms with E-state index < -0.39 is 53.7 Å². The number of rotatable bonds is 6. The number of ether oxygens (including phenoxy) is 2. The second-order valence-corrected chi connectivity index (χ2v) is 11.0. The number of benzene rings is 3. The Bertz CT molecular complexity index is 1640. The molecule has 0 saturated carbocycles. The summed E-state index contributed by atoms with van der Waals surface area (Å²) in [5, 5.41) is 0.458. The van der Waals surface area contributed by atoms with Gasteiger partial charge in [0.1, 0.15) is 18.5 Å². The minimum absolute atomic E-state index is 0.0203. The molecule has 1 fully saturated rings. The van der Waals surface area contributed by atoms with Gasteiger partial charge in [0, 0.05) is 29.0 Å². The normalized spacial score (nSPS) is 17.0. The molecule has 1 aliphatic rings. The zero-order chi connectivity index (χ0) is 29.3. The van der Waals surface area contributed by atoms with Crippen molar-refractivity contribution in [2.24, 2.45) is 5.41 Å². The zero-order valence-electron chi connectivity index (χ0n) is 22.9. The molecule has 1 saturated heterocycles. The Labute approximate surface area is 236 Å². The first-order valence-corrected chi connectivity index (χ1v) is 13.2. The molecule has 1 aromatic heterocycles. The summed E-state index contributed by atoms with van der Waals surface area (Å²) >= 11 is 0. The first-order valence-electron chi connectivity index (χ1n) is 13.2. The lowest BCUT2D eigenvalue weighted by Gasteiger charge is -2.33. The van der Waals surface area contributed by atoms with Gasteiger partial charge in [-0.15, -0.1) is 0 Å². The van der Waals surface area contributed by atoms with Crippen LogP contribution in [0.15, 0.2) is 85.1 Å². The number of Topliss-reactive ketones (excluding diaryl/α,β-unsaturated/α-hetero) is 1. The molecule has 0 N–H and O–H groups in total. The monoisotopic (exact) mass is 556 g/mol. The number of carbonyl (C=O) groups excluding carboxylic acids is 4. The Morgan fingerprint density at radius 2 is 1.56 bits per heavy atom. The molecule has 3 aromatic carbocycles. The van der Waals surface area contributed by atoms with Crippen molar-refractivity contribution in [3.8, 4) is 0 Å². The first-order chi connectivity index (χ1) is 19.6. The number of hydrogen-bond donors (Lipinski definition) is 0. The van der Waals surface area contributed by atoms with Crippen molar-refractivity contribution in [3.05, 3.63) is 108 Å². The van der Waals surface area contributed by atoms with Crippen LogP contribution in [0.1, 0.15) is 53.5 Å². The van der Waals surface area contributed by atoms with E-state index in [0.29, 0.717) is 10.9 Å². The van der Waals surface area contributed by atoms with Gasteiger partial charge in [-0.2, -0.15) is 0 Å². The highest BCUT2D eigenvalue weighted by Crippen LogP contribution is 2.35. The number of hydrogen-bond acceptors (Lipinski definition) is 6. The predicted molar refractivity (Wildman–Crippen MR) is 149 cm³/mol. The Balaban J connectivity index is 1.45. The summed E-state index contributed by atoms with van der Waals surface area (Å²) in [7, 11) is 0. The summed E-state index contributed by atoms with van der Waals surface area (Å²) < 4.78 is 26.8. The van der Waals surface area contributed by atoms with Gasteiger partial charge in [-0.3, -0.25) is 19.1 Å². The molecule has 0 radical (unpaired) electrons. The number of amides is 1.